The molecule has 0 aromatic rings. The zero-order chi connectivity index (χ0) is 5.58. The van der Waals surface area contributed by atoms with Gasteiger partial charge in [0.15, 0.2) is 0 Å². The van der Waals surface area contributed by atoms with Crippen LogP contribution in [0, 0.1) is 0 Å². The average molecular weight is 178 g/mol. The summed E-state index contributed by atoms with van der Waals surface area (Å²) >= 11 is -4.11. The van der Waals surface area contributed by atoms with Gasteiger partial charge in [-0.05, 0) is 0 Å². The topological polar surface area (TPSA) is 91.7 Å². The SMILES string of the molecule is OO.[O]=[Mo](=[O])=[O]. The molecule has 2 N–H and O–H groups in total. The van der Waals surface area contributed by atoms with Crippen molar-refractivity contribution in [2.24, 2.45) is 0 Å². The summed E-state index contributed by atoms with van der Waals surface area (Å²) < 4.78 is 25.8. The Bertz CT molecular complexity index is 73.3. The third kappa shape index (κ3) is 525000. The van der Waals surface area contributed by atoms with E-state index in [1.54, 1.807) is 0 Å². The van der Waals surface area contributed by atoms with E-state index >= 15 is 0 Å². The Morgan fingerprint density at radius 3 is 1.00 bits per heavy atom. The van der Waals surface area contributed by atoms with Crippen molar-refractivity contribution in [3.8, 4) is 0 Å². The summed E-state index contributed by atoms with van der Waals surface area (Å²) in [6.45, 7) is 0. The van der Waals surface area contributed by atoms with Gasteiger partial charge in [0, 0.05) is 0 Å². The minimum absolute atomic E-state index is 4.11. The van der Waals surface area contributed by atoms with Crippen molar-refractivity contribution in [1.82, 2.24) is 0 Å². The molecule has 0 aromatic carbocycles. The van der Waals surface area contributed by atoms with Crippen LogP contribution < -0.4 is 0 Å². The standard InChI is InChI=1S/Mo.H2O2.3O/c;1-2;;;/h;1-2H;;;. The first-order valence-electron chi connectivity index (χ1n) is 0.700. The summed E-state index contributed by atoms with van der Waals surface area (Å²) in [6.07, 6.45) is 0. The molecule has 0 heterocycles. The quantitative estimate of drug-likeness (QED) is 0.300. The van der Waals surface area contributed by atoms with Gasteiger partial charge in [-0.1, -0.05) is 0 Å². The first-order chi connectivity index (χ1) is 2.73. The van der Waals surface area contributed by atoms with Crippen molar-refractivity contribution in [3.63, 3.8) is 0 Å². The fraction of sp³-hybridized carbons (Fsp3) is 0. The summed E-state index contributed by atoms with van der Waals surface area (Å²) in [5.41, 5.74) is 0. The summed E-state index contributed by atoms with van der Waals surface area (Å²) in [4.78, 5) is 0. The van der Waals surface area contributed by atoms with Crippen LogP contribution in [-0.4, -0.2) is 10.5 Å². The third-order valence-corrected chi connectivity index (χ3v) is 0. The van der Waals surface area contributed by atoms with E-state index in [2.05, 4.69) is 0 Å². The molecule has 0 atom stereocenters. The molecule has 5 nitrogen and oxygen atoms in total. The van der Waals surface area contributed by atoms with Crippen molar-refractivity contribution in [2.75, 3.05) is 0 Å². The maximum atomic E-state index is 8.59. The molecule has 0 bridgehead atoms. The molecular weight excluding hydrogens is 176 g/mol. The van der Waals surface area contributed by atoms with Crippen LogP contribution in [0.5, 0.6) is 0 Å². The summed E-state index contributed by atoms with van der Waals surface area (Å²) in [7, 11) is 0. The molecule has 0 saturated heterocycles. The van der Waals surface area contributed by atoms with Gasteiger partial charge in [-0.15, -0.1) is 0 Å². The van der Waals surface area contributed by atoms with E-state index in [4.69, 9.17) is 20.7 Å². The van der Waals surface area contributed by atoms with E-state index in [1.165, 1.54) is 0 Å². The Balaban J connectivity index is 0. The van der Waals surface area contributed by atoms with Crippen molar-refractivity contribution < 1.29 is 37.9 Å². The number of hydrogen-bond acceptors (Lipinski definition) is 5. The molecule has 0 saturated carbocycles. The maximum absolute atomic E-state index is 8.59. The molecule has 0 rings (SSSR count). The van der Waals surface area contributed by atoms with Crippen molar-refractivity contribution in [3.05, 3.63) is 0 Å². The Morgan fingerprint density at radius 1 is 1.00 bits per heavy atom. The van der Waals surface area contributed by atoms with Crippen molar-refractivity contribution >= 4 is 0 Å². The molecule has 0 aliphatic heterocycles. The van der Waals surface area contributed by atoms with E-state index < -0.39 is 17.2 Å². The zero-order valence-electron chi connectivity index (χ0n) is 2.53. The molecule has 6 heavy (non-hydrogen) atoms. The van der Waals surface area contributed by atoms with Crippen LogP contribution in [-0.2, 0) is 27.4 Å². The van der Waals surface area contributed by atoms with E-state index in [0.717, 1.165) is 0 Å². The second-order valence-corrected chi connectivity index (χ2v) is 1.21. The minimum atomic E-state index is -4.11. The van der Waals surface area contributed by atoms with Gasteiger partial charge < -0.3 is 0 Å². The summed E-state index contributed by atoms with van der Waals surface area (Å²) in [5, 5.41) is 12.0. The van der Waals surface area contributed by atoms with Gasteiger partial charge >= 0.3 is 27.4 Å². The van der Waals surface area contributed by atoms with E-state index in [9.17, 15) is 0 Å². The summed E-state index contributed by atoms with van der Waals surface area (Å²) in [6, 6.07) is 0. The predicted octanol–water partition coefficient (Wildman–Crippen LogP) is -0.341. The predicted molar refractivity (Wildman–Crippen MR) is 7.32 cm³/mol. The second kappa shape index (κ2) is 8.89. The van der Waals surface area contributed by atoms with Gasteiger partial charge in [-0.25, -0.2) is 0 Å². The summed E-state index contributed by atoms with van der Waals surface area (Å²) in [5.74, 6) is 0. The second-order valence-electron chi connectivity index (χ2n) is 0.204. The van der Waals surface area contributed by atoms with E-state index in [0.29, 0.717) is 0 Å². The average Bonchev–Trinajstić information content (AvgIpc) is 1.41. The molecule has 6 heteroatoms. The molecule has 0 unspecified atom stereocenters. The van der Waals surface area contributed by atoms with Gasteiger partial charge in [0.05, 0.1) is 0 Å². The van der Waals surface area contributed by atoms with E-state index in [-0.39, 0.29) is 0 Å². The van der Waals surface area contributed by atoms with Crippen molar-refractivity contribution in [2.45, 2.75) is 0 Å². The molecule has 0 aliphatic rings. The first-order valence-corrected chi connectivity index (χ1v) is 3.16. The monoisotopic (exact) mass is 180 g/mol. The molecule has 0 spiro atoms. The molecule has 0 amide bonds. The van der Waals surface area contributed by atoms with Crippen LogP contribution in [0.25, 0.3) is 0 Å². The fourth-order valence-corrected chi connectivity index (χ4v) is 0. The van der Waals surface area contributed by atoms with Gasteiger partial charge in [0.2, 0.25) is 0 Å². The fourth-order valence-electron chi connectivity index (χ4n) is 0. The first kappa shape index (κ1) is 9.38. The molecule has 0 aliphatic carbocycles. The van der Waals surface area contributed by atoms with Gasteiger partial charge in [0.1, 0.15) is 0 Å². The van der Waals surface area contributed by atoms with Crippen LogP contribution in [0.2, 0.25) is 0 Å². The molecular formula is H2MoO5. The zero-order valence-corrected chi connectivity index (χ0v) is 4.53. The molecule has 0 fully saturated rings. The van der Waals surface area contributed by atoms with Crippen LogP contribution in [0.1, 0.15) is 0 Å². The molecule has 38 valence electrons. The van der Waals surface area contributed by atoms with Gasteiger partial charge in [-0.2, -0.15) is 0 Å². The Hall–Kier alpha value is 0.00831. The number of hydrogen-bond donors (Lipinski definition) is 2. The Labute approximate surface area is 38.6 Å². The molecule has 0 radical (unpaired) electrons. The van der Waals surface area contributed by atoms with E-state index in [1.807, 2.05) is 0 Å². The van der Waals surface area contributed by atoms with Crippen LogP contribution in [0.3, 0.4) is 0 Å². The van der Waals surface area contributed by atoms with Crippen LogP contribution in [0.15, 0.2) is 0 Å². The molecule has 0 aromatic heterocycles. The Morgan fingerprint density at radius 2 is 1.00 bits per heavy atom. The third-order valence-electron chi connectivity index (χ3n) is 0. The normalized spacial score (nSPS) is 5.00. The van der Waals surface area contributed by atoms with Crippen molar-refractivity contribution in [1.29, 1.82) is 0 Å². The Kier molecular flexibility index (Phi) is 13.9. The van der Waals surface area contributed by atoms with Crippen LogP contribution >= 0.6 is 0 Å². The van der Waals surface area contributed by atoms with Crippen LogP contribution in [0.4, 0.5) is 0 Å². The van der Waals surface area contributed by atoms with Gasteiger partial charge in [0.25, 0.3) is 0 Å². The number of rotatable bonds is 0. The van der Waals surface area contributed by atoms with Gasteiger partial charge in [-0.3, -0.25) is 10.5 Å².